The lowest BCUT2D eigenvalue weighted by atomic mass is 10.0. The minimum atomic E-state index is 0. The zero-order valence-corrected chi connectivity index (χ0v) is 11.8. The van der Waals surface area contributed by atoms with E-state index in [0.29, 0.717) is 5.92 Å². The smallest absolute Gasteiger partial charge is 0.00479 e. The second-order valence-electron chi connectivity index (χ2n) is 5.71. The van der Waals surface area contributed by atoms with Crippen LogP contribution in [-0.2, 0) is 0 Å². The number of hydrogen-bond donors (Lipinski definition) is 1. The van der Waals surface area contributed by atoms with Gasteiger partial charge in [0.1, 0.15) is 0 Å². The third-order valence-electron chi connectivity index (χ3n) is 4.37. The van der Waals surface area contributed by atoms with E-state index in [2.05, 4.69) is 47.5 Å². The second-order valence-corrected chi connectivity index (χ2v) is 5.71. The maximum absolute atomic E-state index is 3.50. The molecule has 2 heterocycles. The van der Waals surface area contributed by atoms with Gasteiger partial charge in [-0.3, -0.25) is 0 Å². The van der Waals surface area contributed by atoms with Gasteiger partial charge in [0, 0.05) is 19.6 Å². The largest absolute Gasteiger partial charge is 0.316 e. The zero-order chi connectivity index (χ0) is 11.7. The van der Waals surface area contributed by atoms with Gasteiger partial charge in [0.25, 0.3) is 0 Å². The quantitative estimate of drug-likeness (QED) is 0.904. The molecule has 0 spiro atoms. The summed E-state index contributed by atoms with van der Waals surface area (Å²) < 4.78 is 0. The lowest BCUT2D eigenvalue weighted by Crippen LogP contribution is -2.29. The summed E-state index contributed by atoms with van der Waals surface area (Å²) in [5.74, 6) is 2.49. The van der Waals surface area contributed by atoms with Gasteiger partial charge in [-0.2, -0.15) is 0 Å². The van der Waals surface area contributed by atoms with Crippen molar-refractivity contribution in [3.05, 3.63) is 35.9 Å². The molecular weight excluding hydrogens is 244 g/mol. The van der Waals surface area contributed by atoms with Crippen molar-refractivity contribution < 1.29 is 0 Å². The Hall–Kier alpha value is -0.570. The minimum Gasteiger partial charge on any atom is -0.316 e. The molecule has 0 aliphatic carbocycles. The van der Waals surface area contributed by atoms with Gasteiger partial charge in [0.05, 0.1) is 0 Å². The Morgan fingerprint density at radius 3 is 2.39 bits per heavy atom. The Morgan fingerprint density at radius 1 is 1.17 bits per heavy atom. The molecule has 2 saturated heterocycles. The predicted octanol–water partition coefficient (Wildman–Crippen LogP) is 2.36. The molecule has 1 N–H and O–H groups in total. The number of rotatable bonds is 3. The van der Waals surface area contributed by atoms with Crippen molar-refractivity contribution in [2.75, 3.05) is 32.7 Å². The first-order valence-corrected chi connectivity index (χ1v) is 6.81. The highest BCUT2D eigenvalue weighted by Gasteiger charge is 2.36. The lowest BCUT2D eigenvalue weighted by Gasteiger charge is -2.22. The third-order valence-corrected chi connectivity index (χ3v) is 4.37. The Balaban J connectivity index is 0.00000120. The molecule has 2 nitrogen and oxygen atoms in total. The molecule has 2 aliphatic rings. The fourth-order valence-electron chi connectivity index (χ4n) is 3.38. The summed E-state index contributed by atoms with van der Waals surface area (Å²) in [5, 5.41) is 3.50. The van der Waals surface area contributed by atoms with Crippen molar-refractivity contribution in [3.63, 3.8) is 0 Å². The van der Waals surface area contributed by atoms with Gasteiger partial charge in [-0.25, -0.2) is 0 Å². The van der Waals surface area contributed by atoms with Crippen LogP contribution >= 0.6 is 12.4 Å². The highest BCUT2D eigenvalue weighted by Crippen LogP contribution is 2.28. The van der Waals surface area contributed by atoms with Crippen LogP contribution in [0.2, 0.25) is 0 Å². The van der Waals surface area contributed by atoms with E-state index in [9.17, 15) is 0 Å². The molecule has 1 unspecified atom stereocenters. The number of halogens is 1. The molecule has 3 atom stereocenters. The molecule has 0 aromatic heterocycles. The Morgan fingerprint density at radius 2 is 1.78 bits per heavy atom. The normalized spacial score (nSPS) is 28.7. The molecule has 0 amide bonds. The van der Waals surface area contributed by atoms with Gasteiger partial charge < -0.3 is 10.2 Å². The van der Waals surface area contributed by atoms with Gasteiger partial charge in [0.15, 0.2) is 0 Å². The molecular formula is C15H23ClN2. The second kappa shape index (κ2) is 6.05. The SMILES string of the molecule is CC(CN1C[C@H]2CNC[C@H]2C1)c1ccccc1.Cl. The van der Waals surface area contributed by atoms with Gasteiger partial charge in [-0.1, -0.05) is 37.3 Å². The van der Waals surface area contributed by atoms with Gasteiger partial charge >= 0.3 is 0 Å². The standard InChI is InChI=1S/C15H22N2.ClH/c1-12(13-5-3-2-4-6-13)9-17-10-14-7-16-8-15(14)11-17;/h2-6,12,14-16H,7-11H2,1H3;1H/t12?,14-,15+;. The van der Waals surface area contributed by atoms with E-state index in [1.807, 2.05) is 0 Å². The summed E-state index contributed by atoms with van der Waals surface area (Å²) in [5.41, 5.74) is 1.47. The molecule has 18 heavy (non-hydrogen) atoms. The average molecular weight is 267 g/mol. The Bertz CT molecular complexity index is 356. The Labute approximate surface area is 116 Å². The molecule has 2 aliphatic heterocycles. The zero-order valence-electron chi connectivity index (χ0n) is 11.0. The lowest BCUT2D eigenvalue weighted by molar-refractivity contribution is 0.298. The number of nitrogens with one attached hydrogen (secondary N) is 1. The van der Waals surface area contributed by atoms with Crippen LogP contribution in [0.3, 0.4) is 0 Å². The average Bonchev–Trinajstić information content (AvgIpc) is 2.90. The van der Waals surface area contributed by atoms with Crippen molar-refractivity contribution in [1.82, 2.24) is 10.2 Å². The molecule has 0 saturated carbocycles. The summed E-state index contributed by atoms with van der Waals surface area (Å²) in [6.07, 6.45) is 0. The van der Waals surface area contributed by atoms with E-state index < -0.39 is 0 Å². The van der Waals surface area contributed by atoms with Gasteiger partial charge in [0.2, 0.25) is 0 Å². The van der Waals surface area contributed by atoms with E-state index in [1.165, 1.54) is 38.3 Å². The maximum Gasteiger partial charge on any atom is 0.00479 e. The van der Waals surface area contributed by atoms with E-state index >= 15 is 0 Å². The van der Waals surface area contributed by atoms with E-state index in [4.69, 9.17) is 0 Å². The fourth-order valence-corrected chi connectivity index (χ4v) is 3.38. The monoisotopic (exact) mass is 266 g/mol. The fraction of sp³-hybridized carbons (Fsp3) is 0.600. The van der Waals surface area contributed by atoms with E-state index in [1.54, 1.807) is 0 Å². The summed E-state index contributed by atoms with van der Waals surface area (Å²) in [7, 11) is 0. The van der Waals surface area contributed by atoms with Crippen molar-refractivity contribution in [2.45, 2.75) is 12.8 Å². The number of likely N-dealkylation sites (tertiary alicyclic amines) is 1. The van der Waals surface area contributed by atoms with E-state index in [-0.39, 0.29) is 12.4 Å². The van der Waals surface area contributed by atoms with Gasteiger partial charge in [-0.15, -0.1) is 12.4 Å². The summed E-state index contributed by atoms with van der Waals surface area (Å²) in [6.45, 7) is 8.64. The van der Waals surface area contributed by atoms with Crippen LogP contribution in [0.5, 0.6) is 0 Å². The number of benzene rings is 1. The van der Waals surface area contributed by atoms with E-state index in [0.717, 1.165) is 11.8 Å². The first kappa shape index (κ1) is 13.9. The molecule has 2 fully saturated rings. The molecule has 1 aromatic carbocycles. The third kappa shape index (κ3) is 2.87. The highest BCUT2D eigenvalue weighted by atomic mass is 35.5. The summed E-state index contributed by atoms with van der Waals surface area (Å²) >= 11 is 0. The van der Waals surface area contributed by atoms with Crippen LogP contribution < -0.4 is 5.32 Å². The maximum atomic E-state index is 3.50. The topological polar surface area (TPSA) is 15.3 Å². The van der Waals surface area contributed by atoms with Crippen LogP contribution in [0.4, 0.5) is 0 Å². The van der Waals surface area contributed by atoms with Crippen LogP contribution in [0.1, 0.15) is 18.4 Å². The van der Waals surface area contributed by atoms with Crippen molar-refractivity contribution in [3.8, 4) is 0 Å². The number of fused-ring (bicyclic) bond motifs is 1. The first-order valence-electron chi connectivity index (χ1n) is 6.81. The molecule has 3 heteroatoms. The Kier molecular flexibility index (Phi) is 4.66. The van der Waals surface area contributed by atoms with Crippen molar-refractivity contribution >= 4 is 12.4 Å². The molecule has 0 bridgehead atoms. The molecule has 100 valence electrons. The number of hydrogen-bond acceptors (Lipinski definition) is 2. The predicted molar refractivity (Wildman–Crippen MR) is 78.4 cm³/mol. The number of nitrogens with zero attached hydrogens (tertiary/aromatic N) is 1. The van der Waals surface area contributed by atoms with Crippen LogP contribution in [-0.4, -0.2) is 37.6 Å². The van der Waals surface area contributed by atoms with Crippen LogP contribution in [0, 0.1) is 11.8 Å². The summed E-state index contributed by atoms with van der Waals surface area (Å²) in [6, 6.07) is 10.9. The van der Waals surface area contributed by atoms with Crippen LogP contribution in [0.25, 0.3) is 0 Å². The van der Waals surface area contributed by atoms with Crippen molar-refractivity contribution in [2.24, 2.45) is 11.8 Å². The minimum absolute atomic E-state index is 0. The summed E-state index contributed by atoms with van der Waals surface area (Å²) in [4.78, 5) is 2.66. The van der Waals surface area contributed by atoms with Gasteiger partial charge in [-0.05, 0) is 36.4 Å². The van der Waals surface area contributed by atoms with Crippen molar-refractivity contribution in [1.29, 1.82) is 0 Å². The molecule has 3 rings (SSSR count). The highest BCUT2D eigenvalue weighted by molar-refractivity contribution is 5.85. The first-order chi connectivity index (χ1) is 8.33. The molecule has 0 radical (unpaired) electrons. The van der Waals surface area contributed by atoms with Crippen LogP contribution in [0.15, 0.2) is 30.3 Å². The molecule has 1 aromatic rings.